The summed E-state index contributed by atoms with van der Waals surface area (Å²) in [5, 5.41) is 23.1. The van der Waals surface area contributed by atoms with Crippen molar-refractivity contribution >= 4 is 11.9 Å². The molecule has 0 spiro atoms. The lowest BCUT2D eigenvalue weighted by Gasteiger charge is -2.22. The van der Waals surface area contributed by atoms with E-state index in [2.05, 4.69) is 43.5 Å². The Kier molecular flexibility index (Phi) is 54.5. The molecule has 0 aromatic rings. The Labute approximate surface area is 411 Å². The third-order valence-corrected chi connectivity index (χ3v) is 13.8. The van der Waals surface area contributed by atoms with Gasteiger partial charge in [0.1, 0.15) is 0 Å². The highest BCUT2D eigenvalue weighted by Crippen LogP contribution is 2.17. The number of hydrogen-bond donors (Lipinski definition) is 3. The largest absolute Gasteiger partial charge is 0.466 e. The van der Waals surface area contributed by atoms with Gasteiger partial charge in [-0.2, -0.15) is 0 Å². The number of amides is 1. The second-order valence-corrected chi connectivity index (χ2v) is 20.3. The van der Waals surface area contributed by atoms with Gasteiger partial charge in [-0.1, -0.05) is 276 Å². The quantitative estimate of drug-likeness (QED) is 0.0321. The molecule has 0 aromatic carbocycles. The number of hydrogen-bond acceptors (Lipinski definition) is 5. The molecule has 0 bridgehead atoms. The molecule has 0 aliphatic heterocycles. The molecule has 0 saturated carbocycles. The fourth-order valence-electron chi connectivity index (χ4n) is 9.20. The number of nitrogens with one attached hydrogen (secondary N) is 1. The van der Waals surface area contributed by atoms with Crippen LogP contribution in [0.15, 0.2) is 24.3 Å². The van der Waals surface area contributed by atoms with Crippen LogP contribution in [0.25, 0.3) is 0 Å². The van der Waals surface area contributed by atoms with E-state index in [-0.39, 0.29) is 18.5 Å². The summed E-state index contributed by atoms with van der Waals surface area (Å²) in [7, 11) is 0. The number of carbonyl (C=O) groups excluding carboxylic acids is 2. The van der Waals surface area contributed by atoms with Crippen LogP contribution >= 0.6 is 0 Å². The summed E-state index contributed by atoms with van der Waals surface area (Å²) < 4.78 is 5.48. The van der Waals surface area contributed by atoms with Crippen molar-refractivity contribution in [3.63, 3.8) is 0 Å². The lowest BCUT2D eigenvalue weighted by molar-refractivity contribution is -0.143. The van der Waals surface area contributed by atoms with E-state index in [1.54, 1.807) is 0 Å². The number of esters is 1. The van der Waals surface area contributed by atoms with Crippen molar-refractivity contribution in [1.29, 1.82) is 0 Å². The lowest BCUT2D eigenvalue weighted by Crippen LogP contribution is -2.45. The van der Waals surface area contributed by atoms with Gasteiger partial charge in [-0.15, -0.1) is 0 Å². The molecule has 1 amide bonds. The van der Waals surface area contributed by atoms with Crippen molar-refractivity contribution in [1.82, 2.24) is 5.32 Å². The van der Waals surface area contributed by atoms with Gasteiger partial charge in [0.05, 0.1) is 25.4 Å². The van der Waals surface area contributed by atoms with Gasteiger partial charge in [-0.25, -0.2) is 0 Å². The van der Waals surface area contributed by atoms with Crippen LogP contribution in [0.4, 0.5) is 0 Å². The van der Waals surface area contributed by atoms with Crippen molar-refractivity contribution in [3.05, 3.63) is 24.3 Å². The molecule has 66 heavy (non-hydrogen) atoms. The van der Waals surface area contributed by atoms with Crippen LogP contribution in [0.3, 0.4) is 0 Å². The Morgan fingerprint density at radius 1 is 0.424 bits per heavy atom. The molecule has 0 fully saturated rings. The molecular weight excluding hydrogens is 815 g/mol. The maximum absolute atomic E-state index is 12.4. The first-order valence-corrected chi connectivity index (χ1v) is 29.6. The third kappa shape index (κ3) is 51.7. The highest BCUT2D eigenvalue weighted by Gasteiger charge is 2.20. The van der Waals surface area contributed by atoms with Crippen LogP contribution in [-0.4, -0.2) is 47.4 Å². The van der Waals surface area contributed by atoms with Crippen molar-refractivity contribution in [2.45, 2.75) is 334 Å². The highest BCUT2D eigenvalue weighted by atomic mass is 16.5. The van der Waals surface area contributed by atoms with Gasteiger partial charge in [0.15, 0.2) is 0 Å². The van der Waals surface area contributed by atoms with E-state index >= 15 is 0 Å². The fraction of sp³-hybridized carbons (Fsp3) is 0.900. The fourth-order valence-corrected chi connectivity index (χ4v) is 9.20. The standard InChI is InChI=1S/C60H115NO5/c1-3-5-7-9-11-13-14-15-27-31-34-38-42-46-50-54-60(65)66-55-51-47-43-39-35-32-29-26-24-22-20-18-16-17-19-21-23-25-28-30-33-37-41-45-49-53-59(64)61-57(56-62)58(63)52-48-44-40-36-12-10-8-6-4-2/h17-20,57-58,62-63H,3-16,21-56H2,1-2H3,(H,61,64)/b19-17-,20-18-. The Hall–Kier alpha value is -1.66. The van der Waals surface area contributed by atoms with E-state index in [1.807, 2.05) is 0 Å². The zero-order chi connectivity index (χ0) is 47.9. The van der Waals surface area contributed by atoms with Crippen LogP contribution in [0.2, 0.25) is 0 Å². The summed E-state index contributed by atoms with van der Waals surface area (Å²) in [6.45, 7) is 4.94. The van der Waals surface area contributed by atoms with Gasteiger partial charge in [-0.3, -0.25) is 9.59 Å². The Morgan fingerprint density at radius 2 is 0.758 bits per heavy atom. The molecule has 6 heteroatoms. The number of aliphatic hydroxyl groups excluding tert-OH is 2. The Bertz CT molecular complexity index is 1030. The smallest absolute Gasteiger partial charge is 0.305 e. The van der Waals surface area contributed by atoms with Gasteiger partial charge in [-0.05, 0) is 57.8 Å². The minimum absolute atomic E-state index is 0.0119. The molecule has 0 aromatic heterocycles. The second kappa shape index (κ2) is 55.9. The molecule has 0 aliphatic rings. The predicted octanol–water partition coefficient (Wildman–Crippen LogP) is 18.2. The number of ether oxygens (including phenoxy) is 1. The van der Waals surface area contributed by atoms with E-state index in [1.165, 1.54) is 244 Å². The molecule has 2 atom stereocenters. The third-order valence-electron chi connectivity index (χ3n) is 13.8. The molecule has 390 valence electrons. The molecule has 0 rings (SSSR count). The number of aliphatic hydroxyl groups is 2. The van der Waals surface area contributed by atoms with Gasteiger partial charge in [0, 0.05) is 12.8 Å². The van der Waals surface area contributed by atoms with Crippen LogP contribution in [0, 0.1) is 0 Å². The van der Waals surface area contributed by atoms with Crippen molar-refractivity contribution in [2.75, 3.05) is 13.2 Å². The van der Waals surface area contributed by atoms with Crippen molar-refractivity contribution in [2.24, 2.45) is 0 Å². The topological polar surface area (TPSA) is 95.9 Å². The van der Waals surface area contributed by atoms with Crippen LogP contribution in [0.5, 0.6) is 0 Å². The zero-order valence-electron chi connectivity index (χ0n) is 44.4. The van der Waals surface area contributed by atoms with E-state index in [0.29, 0.717) is 25.9 Å². The van der Waals surface area contributed by atoms with E-state index in [9.17, 15) is 19.8 Å². The molecule has 6 nitrogen and oxygen atoms in total. The maximum Gasteiger partial charge on any atom is 0.305 e. The Morgan fingerprint density at radius 3 is 1.15 bits per heavy atom. The van der Waals surface area contributed by atoms with E-state index in [0.717, 1.165) is 44.9 Å². The van der Waals surface area contributed by atoms with Crippen LogP contribution in [0.1, 0.15) is 322 Å². The average molecular weight is 931 g/mol. The summed E-state index contributed by atoms with van der Waals surface area (Å²) in [5.74, 6) is -0.0311. The first-order chi connectivity index (χ1) is 32.5. The minimum Gasteiger partial charge on any atom is -0.466 e. The summed E-state index contributed by atoms with van der Waals surface area (Å²) in [6.07, 6.45) is 67.6. The highest BCUT2D eigenvalue weighted by molar-refractivity contribution is 5.76. The molecule has 0 aliphatic carbocycles. The molecule has 0 heterocycles. The van der Waals surface area contributed by atoms with E-state index in [4.69, 9.17) is 4.74 Å². The maximum atomic E-state index is 12.4. The van der Waals surface area contributed by atoms with Gasteiger partial charge in [0.2, 0.25) is 5.91 Å². The molecule has 0 saturated heterocycles. The van der Waals surface area contributed by atoms with Crippen molar-refractivity contribution < 1.29 is 24.5 Å². The molecule has 2 unspecified atom stereocenters. The summed E-state index contributed by atoms with van der Waals surface area (Å²) in [6, 6.07) is -0.543. The molecule has 0 radical (unpaired) electrons. The summed E-state index contributed by atoms with van der Waals surface area (Å²) >= 11 is 0. The average Bonchev–Trinajstić information content (AvgIpc) is 3.32. The Balaban J connectivity index is 3.39. The number of carbonyl (C=O) groups is 2. The van der Waals surface area contributed by atoms with Gasteiger partial charge >= 0.3 is 5.97 Å². The van der Waals surface area contributed by atoms with Crippen LogP contribution in [-0.2, 0) is 14.3 Å². The van der Waals surface area contributed by atoms with Gasteiger partial charge in [0.25, 0.3) is 0 Å². The van der Waals surface area contributed by atoms with Gasteiger partial charge < -0.3 is 20.3 Å². The first-order valence-electron chi connectivity index (χ1n) is 29.6. The van der Waals surface area contributed by atoms with Crippen molar-refractivity contribution in [3.8, 4) is 0 Å². The molecular formula is C60H115NO5. The minimum atomic E-state index is -0.665. The normalized spacial score (nSPS) is 12.7. The predicted molar refractivity (Wildman–Crippen MR) is 287 cm³/mol. The zero-order valence-corrected chi connectivity index (χ0v) is 44.4. The summed E-state index contributed by atoms with van der Waals surface area (Å²) in [5.41, 5.74) is 0. The first kappa shape index (κ1) is 64.3. The number of rotatable bonds is 55. The lowest BCUT2D eigenvalue weighted by atomic mass is 10.0. The summed E-state index contributed by atoms with van der Waals surface area (Å²) in [4.78, 5) is 24.4. The number of allylic oxidation sites excluding steroid dienone is 4. The van der Waals surface area contributed by atoms with Crippen LogP contribution < -0.4 is 5.32 Å². The monoisotopic (exact) mass is 930 g/mol. The molecule has 3 N–H and O–H groups in total. The number of unbranched alkanes of at least 4 members (excludes halogenated alkanes) is 40. The second-order valence-electron chi connectivity index (χ2n) is 20.3. The van der Waals surface area contributed by atoms with E-state index < -0.39 is 12.1 Å². The SMILES string of the molecule is CCCCCCCCCCCCCCCCCC(=O)OCCCCCCCCCCC/C=C\C/C=C\CCCCCCCCCCCC(=O)NC(CO)C(O)CCCCCCCCCCC.